The highest BCUT2D eigenvalue weighted by atomic mass is 16.2. The number of imidazole rings is 1. The van der Waals surface area contributed by atoms with Crippen molar-refractivity contribution in [1.82, 2.24) is 19.8 Å². The summed E-state index contributed by atoms with van der Waals surface area (Å²) in [6, 6.07) is 15.7. The monoisotopic (exact) mass is 458 g/mol. The molecule has 178 valence electrons. The Kier molecular flexibility index (Phi) is 5.92. The zero-order valence-electron chi connectivity index (χ0n) is 20.4. The van der Waals surface area contributed by atoms with Crippen molar-refractivity contribution in [2.45, 2.75) is 70.5 Å². The van der Waals surface area contributed by atoms with Crippen molar-refractivity contribution in [3.05, 3.63) is 65.5 Å². The zero-order valence-corrected chi connectivity index (χ0v) is 20.4. The van der Waals surface area contributed by atoms with Gasteiger partial charge in [0.05, 0.1) is 22.6 Å². The first-order valence-electron chi connectivity index (χ1n) is 12.5. The summed E-state index contributed by atoms with van der Waals surface area (Å²) in [7, 11) is 2.01. The normalized spacial score (nSPS) is 18.4. The number of hydrogen-bond acceptors (Lipinski definition) is 3. The molecule has 1 unspecified atom stereocenters. The second-order valence-corrected chi connectivity index (χ2v) is 10.3. The predicted molar refractivity (Wildman–Crippen MR) is 133 cm³/mol. The van der Waals surface area contributed by atoms with Gasteiger partial charge in [-0.25, -0.2) is 4.98 Å². The van der Waals surface area contributed by atoms with Crippen LogP contribution in [0.1, 0.15) is 80.2 Å². The third kappa shape index (κ3) is 3.89. The topological polar surface area (TPSA) is 67.2 Å². The van der Waals surface area contributed by atoms with Crippen LogP contribution in [0.4, 0.5) is 0 Å². The average Bonchev–Trinajstić information content (AvgIpc) is 3.36. The van der Waals surface area contributed by atoms with E-state index in [0.29, 0.717) is 13.0 Å². The number of carbonyl (C=O) groups is 2. The summed E-state index contributed by atoms with van der Waals surface area (Å²) >= 11 is 0. The quantitative estimate of drug-likeness (QED) is 0.556. The lowest BCUT2D eigenvalue weighted by molar-refractivity contribution is -0.125. The number of hydrogen-bond donors (Lipinski definition) is 1. The minimum absolute atomic E-state index is 0.00332. The van der Waals surface area contributed by atoms with Gasteiger partial charge in [-0.05, 0) is 42.5 Å². The Labute approximate surface area is 201 Å². The van der Waals surface area contributed by atoms with E-state index in [1.807, 2.05) is 54.4 Å². The molecule has 6 nitrogen and oxygen atoms in total. The molecule has 6 heteroatoms. The molecule has 0 bridgehead atoms. The van der Waals surface area contributed by atoms with Crippen LogP contribution in [0, 0.1) is 5.92 Å². The molecule has 1 aliphatic heterocycles. The summed E-state index contributed by atoms with van der Waals surface area (Å²) in [4.78, 5) is 33.8. The van der Waals surface area contributed by atoms with Gasteiger partial charge in [0, 0.05) is 25.6 Å². The lowest BCUT2D eigenvalue weighted by Crippen LogP contribution is -2.53. The Morgan fingerprint density at radius 1 is 1.06 bits per heavy atom. The summed E-state index contributed by atoms with van der Waals surface area (Å²) < 4.78 is 2.08. The third-order valence-corrected chi connectivity index (χ3v) is 7.75. The number of fused-ring (bicyclic) bond motifs is 2. The van der Waals surface area contributed by atoms with E-state index >= 15 is 0 Å². The fourth-order valence-corrected chi connectivity index (χ4v) is 5.88. The largest absolute Gasteiger partial charge is 0.346 e. The maximum atomic E-state index is 13.6. The van der Waals surface area contributed by atoms with Crippen LogP contribution in [0.25, 0.3) is 11.0 Å². The Bertz CT molecular complexity index is 1220. The number of nitrogens with one attached hydrogen (secondary N) is 1. The molecule has 5 rings (SSSR count). The molecule has 2 aliphatic rings. The number of aryl methyl sites for hydroxylation is 1. The summed E-state index contributed by atoms with van der Waals surface area (Å²) in [5, 5.41) is 3.31. The van der Waals surface area contributed by atoms with E-state index < -0.39 is 5.54 Å². The fraction of sp³-hybridized carbons (Fsp3) is 0.464. The molecule has 1 aliphatic carbocycles. The van der Waals surface area contributed by atoms with Gasteiger partial charge in [0.15, 0.2) is 0 Å². The van der Waals surface area contributed by atoms with Crippen LogP contribution < -0.4 is 5.32 Å². The van der Waals surface area contributed by atoms with Crippen LogP contribution >= 0.6 is 0 Å². The summed E-state index contributed by atoms with van der Waals surface area (Å²) in [5.74, 6) is 1.11. The number of rotatable bonds is 6. The highest BCUT2D eigenvalue weighted by molar-refractivity contribution is 5.99. The van der Waals surface area contributed by atoms with E-state index in [1.54, 1.807) is 0 Å². The molecular weight excluding hydrogens is 424 g/mol. The van der Waals surface area contributed by atoms with Crippen LogP contribution in [0.3, 0.4) is 0 Å². The molecule has 0 spiro atoms. The van der Waals surface area contributed by atoms with Crippen molar-refractivity contribution in [2.75, 3.05) is 0 Å². The van der Waals surface area contributed by atoms with E-state index in [0.717, 1.165) is 60.1 Å². The Hall–Kier alpha value is -3.15. The predicted octanol–water partition coefficient (Wildman–Crippen LogP) is 5.14. The lowest BCUT2D eigenvalue weighted by atomic mass is 9.77. The maximum Gasteiger partial charge on any atom is 0.254 e. The summed E-state index contributed by atoms with van der Waals surface area (Å²) in [6.07, 6.45) is 5.34. The maximum absolute atomic E-state index is 13.6. The second kappa shape index (κ2) is 8.90. The SMILES string of the molecule is CC(C)C(NC(=O)CC1(N2Cc3ccccc3C2=O)CCCCC1)c1nc2ccccc2n1C. The number of amides is 2. The van der Waals surface area contributed by atoms with E-state index in [2.05, 4.69) is 29.8 Å². The van der Waals surface area contributed by atoms with Crippen molar-refractivity contribution in [3.8, 4) is 0 Å². The first-order valence-corrected chi connectivity index (χ1v) is 12.5. The first-order chi connectivity index (χ1) is 16.4. The van der Waals surface area contributed by atoms with Gasteiger partial charge in [-0.2, -0.15) is 0 Å². The Morgan fingerprint density at radius 3 is 2.47 bits per heavy atom. The van der Waals surface area contributed by atoms with Crippen molar-refractivity contribution < 1.29 is 9.59 Å². The van der Waals surface area contributed by atoms with Crippen molar-refractivity contribution in [2.24, 2.45) is 13.0 Å². The van der Waals surface area contributed by atoms with Gasteiger partial charge in [0.1, 0.15) is 5.82 Å². The number of benzene rings is 2. The van der Waals surface area contributed by atoms with Gasteiger partial charge < -0.3 is 14.8 Å². The van der Waals surface area contributed by atoms with Gasteiger partial charge in [-0.3, -0.25) is 9.59 Å². The van der Waals surface area contributed by atoms with Gasteiger partial charge in [-0.15, -0.1) is 0 Å². The standard InChI is InChI=1S/C28H34N4O2/c1-19(2)25(26-29-22-13-7-8-14-23(22)31(26)3)30-24(33)17-28(15-9-4-10-16-28)32-18-20-11-5-6-12-21(20)27(32)34/h5-8,11-14,19,25H,4,9-10,15-18H2,1-3H3,(H,30,33). The van der Waals surface area contributed by atoms with Crippen LogP contribution in [0.5, 0.6) is 0 Å². The zero-order chi connectivity index (χ0) is 23.9. The van der Waals surface area contributed by atoms with E-state index in [-0.39, 0.29) is 23.8 Å². The summed E-state index contributed by atoms with van der Waals surface area (Å²) in [6.45, 7) is 4.82. The molecule has 0 saturated heterocycles. The molecule has 1 fully saturated rings. The second-order valence-electron chi connectivity index (χ2n) is 10.3. The minimum Gasteiger partial charge on any atom is -0.346 e. The summed E-state index contributed by atoms with van der Waals surface area (Å²) in [5.41, 5.74) is 3.42. The van der Waals surface area contributed by atoms with Gasteiger partial charge in [-0.1, -0.05) is 63.4 Å². The number of para-hydroxylation sites is 2. The van der Waals surface area contributed by atoms with Crippen LogP contribution in [0.15, 0.2) is 48.5 Å². The van der Waals surface area contributed by atoms with Crippen LogP contribution in [-0.2, 0) is 18.4 Å². The lowest BCUT2D eigenvalue weighted by Gasteiger charge is -2.44. The highest BCUT2D eigenvalue weighted by Gasteiger charge is 2.45. The van der Waals surface area contributed by atoms with E-state index in [1.165, 1.54) is 0 Å². The first kappa shape index (κ1) is 22.6. The molecule has 2 heterocycles. The molecule has 2 amide bonds. The van der Waals surface area contributed by atoms with Crippen molar-refractivity contribution in [1.29, 1.82) is 0 Å². The molecule has 1 saturated carbocycles. The molecule has 1 N–H and O–H groups in total. The molecular formula is C28H34N4O2. The third-order valence-electron chi connectivity index (χ3n) is 7.75. The van der Waals surface area contributed by atoms with E-state index in [9.17, 15) is 9.59 Å². The number of carbonyl (C=O) groups excluding carboxylic acids is 2. The highest BCUT2D eigenvalue weighted by Crippen LogP contribution is 2.41. The number of aromatic nitrogens is 2. The Morgan fingerprint density at radius 2 is 1.76 bits per heavy atom. The Balaban J connectivity index is 1.40. The molecule has 2 aromatic carbocycles. The van der Waals surface area contributed by atoms with Crippen molar-refractivity contribution in [3.63, 3.8) is 0 Å². The average molecular weight is 459 g/mol. The van der Waals surface area contributed by atoms with Crippen LogP contribution in [-0.4, -0.2) is 31.8 Å². The smallest absolute Gasteiger partial charge is 0.254 e. The molecule has 34 heavy (non-hydrogen) atoms. The van der Waals surface area contributed by atoms with E-state index in [4.69, 9.17) is 4.98 Å². The fourth-order valence-electron chi connectivity index (χ4n) is 5.88. The van der Waals surface area contributed by atoms with Crippen LogP contribution in [0.2, 0.25) is 0 Å². The van der Waals surface area contributed by atoms with Gasteiger partial charge >= 0.3 is 0 Å². The number of nitrogens with zero attached hydrogens (tertiary/aromatic N) is 3. The molecule has 1 aromatic heterocycles. The van der Waals surface area contributed by atoms with Gasteiger partial charge in [0.2, 0.25) is 5.91 Å². The molecule has 3 aromatic rings. The molecule has 1 atom stereocenters. The van der Waals surface area contributed by atoms with Crippen molar-refractivity contribution >= 4 is 22.8 Å². The van der Waals surface area contributed by atoms with Gasteiger partial charge in [0.25, 0.3) is 5.91 Å². The minimum atomic E-state index is -0.424. The molecule has 0 radical (unpaired) electrons.